The van der Waals surface area contributed by atoms with Gasteiger partial charge in [0.15, 0.2) is 0 Å². The van der Waals surface area contributed by atoms with Gasteiger partial charge >= 0.3 is 6.03 Å². The van der Waals surface area contributed by atoms with Gasteiger partial charge in [-0.05, 0) is 48.6 Å². The second-order valence-corrected chi connectivity index (χ2v) is 4.82. The van der Waals surface area contributed by atoms with Crippen molar-refractivity contribution in [1.29, 1.82) is 0 Å². The number of rotatable bonds is 2. The largest absolute Gasteiger partial charge is 0.346 e. The van der Waals surface area contributed by atoms with E-state index in [-0.39, 0.29) is 5.82 Å². The number of hydrogen-bond donors (Lipinski definition) is 1. The topological polar surface area (TPSA) is 46.9 Å². The summed E-state index contributed by atoms with van der Waals surface area (Å²) >= 11 is 0. The van der Waals surface area contributed by atoms with Crippen molar-refractivity contribution >= 4 is 11.7 Å². The molecule has 0 radical (unpaired) electrons. The molecule has 4 nitrogen and oxygen atoms in total. The van der Waals surface area contributed by atoms with Crippen LogP contribution in [0.1, 0.15) is 29.7 Å². The summed E-state index contributed by atoms with van der Waals surface area (Å²) in [4.78, 5) is 12.0. The van der Waals surface area contributed by atoms with Gasteiger partial charge in [0, 0.05) is 11.9 Å². The van der Waals surface area contributed by atoms with Gasteiger partial charge in [0.2, 0.25) is 0 Å². The van der Waals surface area contributed by atoms with E-state index in [2.05, 4.69) is 10.4 Å². The maximum absolute atomic E-state index is 13.6. The minimum Gasteiger partial charge on any atom is -0.306 e. The highest BCUT2D eigenvalue weighted by molar-refractivity contribution is 5.91. The fourth-order valence-corrected chi connectivity index (χ4v) is 2.52. The molecule has 7 heteroatoms. The number of aromatic nitrogens is 2. The highest BCUT2D eigenvalue weighted by Gasteiger charge is 2.20. The monoisotopic (exact) mass is 295 g/mol. The molecule has 0 fully saturated rings. The normalized spacial score (nSPS) is 13.5. The van der Waals surface area contributed by atoms with Crippen LogP contribution < -0.4 is 5.32 Å². The maximum Gasteiger partial charge on any atom is 0.346 e. The molecule has 21 heavy (non-hydrogen) atoms. The van der Waals surface area contributed by atoms with Crippen molar-refractivity contribution in [3.05, 3.63) is 47.0 Å². The number of carbonyl (C=O) groups is 1. The predicted octanol–water partition coefficient (Wildman–Crippen LogP) is 3.53. The number of amides is 1. The third kappa shape index (κ3) is 2.51. The Hall–Kier alpha value is -2.31. The van der Waals surface area contributed by atoms with Crippen LogP contribution in [0.3, 0.4) is 0 Å². The van der Waals surface area contributed by atoms with Gasteiger partial charge in [-0.15, -0.1) is 0 Å². The zero-order chi connectivity index (χ0) is 15.0. The molecule has 1 aliphatic carbocycles. The Bertz CT molecular complexity index is 697. The molecule has 0 unspecified atom stereocenters. The molecule has 1 aliphatic rings. The molecule has 1 heterocycles. The Balaban J connectivity index is 1.83. The number of nitrogens with one attached hydrogen (secondary N) is 1. The number of anilines is 1. The third-order valence-electron chi connectivity index (χ3n) is 3.51. The first-order valence-electron chi connectivity index (χ1n) is 6.51. The number of hydrogen-bond acceptors (Lipinski definition) is 2. The summed E-state index contributed by atoms with van der Waals surface area (Å²) in [5.41, 5.74) is 1.42. The van der Waals surface area contributed by atoms with Gasteiger partial charge in [0.05, 0.1) is 0 Å². The molecule has 2 aromatic rings. The lowest BCUT2D eigenvalue weighted by molar-refractivity contribution is 0.145. The maximum atomic E-state index is 13.6. The van der Waals surface area contributed by atoms with Crippen LogP contribution in [-0.2, 0) is 12.8 Å². The Morgan fingerprint density at radius 3 is 2.71 bits per heavy atom. The summed E-state index contributed by atoms with van der Waals surface area (Å²) in [5.74, 6) is -0.278. The van der Waals surface area contributed by atoms with Crippen molar-refractivity contribution in [3.63, 3.8) is 0 Å². The highest BCUT2D eigenvalue weighted by atomic mass is 19.3. The summed E-state index contributed by atoms with van der Waals surface area (Å²) < 4.78 is 39.3. The first kappa shape index (κ1) is 13.7. The van der Waals surface area contributed by atoms with E-state index in [9.17, 15) is 18.0 Å². The van der Waals surface area contributed by atoms with Crippen LogP contribution in [0.2, 0.25) is 0 Å². The molecule has 0 bridgehead atoms. The molecular formula is C14H12F3N3O. The summed E-state index contributed by atoms with van der Waals surface area (Å²) in [6.45, 7) is 0. The van der Waals surface area contributed by atoms with E-state index >= 15 is 0 Å². The lowest BCUT2D eigenvalue weighted by atomic mass is 10.1. The van der Waals surface area contributed by atoms with Gasteiger partial charge in [0.25, 0.3) is 6.43 Å². The zero-order valence-corrected chi connectivity index (χ0v) is 10.9. The van der Waals surface area contributed by atoms with Crippen LogP contribution in [0.4, 0.5) is 23.7 Å². The fourth-order valence-electron chi connectivity index (χ4n) is 2.52. The summed E-state index contributed by atoms with van der Waals surface area (Å²) in [6, 6.07) is 3.21. The molecule has 3 rings (SSSR count). The van der Waals surface area contributed by atoms with Crippen molar-refractivity contribution in [2.75, 3.05) is 5.32 Å². The Morgan fingerprint density at radius 1 is 1.24 bits per heavy atom. The van der Waals surface area contributed by atoms with E-state index in [0.29, 0.717) is 24.1 Å². The van der Waals surface area contributed by atoms with Crippen LogP contribution in [0, 0.1) is 5.82 Å². The fraction of sp³-hybridized carbons (Fsp3) is 0.286. The van der Waals surface area contributed by atoms with Gasteiger partial charge in [-0.3, -0.25) is 0 Å². The lowest BCUT2D eigenvalue weighted by Crippen LogP contribution is -2.21. The summed E-state index contributed by atoms with van der Waals surface area (Å²) in [5, 5.41) is 6.09. The second kappa shape index (κ2) is 5.23. The lowest BCUT2D eigenvalue weighted by Gasteiger charge is -2.10. The number of alkyl halides is 2. The second-order valence-electron chi connectivity index (χ2n) is 4.82. The van der Waals surface area contributed by atoms with Gasteiger partial charge < -0.3 is 5.32 Å². The molecule has 1 amide bonds. The van der Waals surface area contributed by atoms with E-state index in [0.717, 1.165) is 22.7 Å². The van der Waals surface area contributed by atoms with Crippen LogP contribution in [0.25, 0.3) is 0 Å². The molecule has 1 aromatic heterocycles. The average Bonchev–Trinajstić information content (AvgIpc) is 3.09. The smallest absolute Gasteiger partial charge is 0.306 e. The number of benzene rings is 1. The van der Waals surface area contributed by atoms with Crippen LogP contribution in [0.5, 0.6) is 0 Å². The van der Waals surface area contributed by atoms with Crippen LogP contribution in [0.15, 0.2) is 24.4 Å². The average molecular weight is 295 g/mol. The molecular weight excluding hydrogens is 283 g/mol. The Morgan fingerprint density at radius 2 is 2.00 bits per heavy atom. The minimum absolute atomic E-state index is 0.278. The van der Waals surface area contributed by atoms with Gasteiger partial charge in [0.1, 0.15) is 11.5 Å². The number of fused-ring (bicyclic) bond motifs is 1. The number of halogens is 3. The predicted molar refractivity (Wildman–Crippen MR) is 70.0 cm³/mol. The van der Waals surface area contributed by atoms with Crippen molar-refractivity contribution in [2.24, 2.45) is 0 Å². The third-order valence-corrected chi connectivity index (χ3v) is 3.51. The Kier molecular flexibility index (Phi) is 3.40. The molecule has 0 saturated carbocycles. The molecule has 1 N–H and O–H groups in total. The summed E-state index contributed by atoms with van der Waals surface area (Å²) in [6.07, 6.45) is 0.595. The standard InChI is InChI=1S/C14H12F3N3O/c15-10-4-5-11(9-3-1-2-8(9)10)18-14(21)20-7-6-12(19-20)13(16)17/h4-7,13H,1-3H2,(H,18,21). The zero-order valence-electron chi connectivity index (χ0n) is 10.9. The van der Waals surface area contributed by atoms with Crippen molar-refractivity contribution in [2.45, 2.75) is 25.7 Å². The highest BCUT2D eigenvalue weighted by Crippen LogP contribution is 2.31. The molecule has 110 valence electrons. The van der Waals surface area contributed by atoms with Gasteiger partial charge in [-0.2, -0.15) is 9.78 Å². The molecule has 0 saturated heterocycles. The van der Waals surface area contributed by atoms with Crippen LogP contribution >= 0.6 is 0 Å². The molecule has 0 aliphatic heterocycles. The van der Waals surface area contributed by atoms with Gasteiger partial charge in [-0.1, -0.05) is 0 Å². The van der Waals surface area contributed by atoms with E-state index in [1.54, 1.807) is 0 Å². The first-order valence-corrected chi connectivity index (χ1v) is 6.51. The molecule has 0 spiro atoms. The minimum atomic E-state index is -2.73. The van der Waals surface area contributed by atoms with E-state index in [1.807, 2.05) is 0 Å². The quantitative estimate of drug-likeness (QED) is 0.921. The van der Waals surface area contributed by atoms with Gasteiger partial charge in [-0.25, -0.2) is 18.0 Å². The van der Waals surface area contributed by atoms with Crippen molar-refractivity contribution < 1.29 is 18.0 Å². The molecule has 1 aromatic carbocycles. The Labute approximate surface area is 118 Å². The van der Waals surface area contributed by atoms with E-state index < -0.39 is 18.2 Å². The van der Waals surface area contributed by atoms with Crippen molar-refractivity contribution in [1.82, 2.24) is 9.78 Å². The van der Waals surface area contributed by atoms with E-state index in [4.69, 9.17) is 0 Å². The molecule has 0 atom stereocenters. The number of nitrogens with zero attached hydrogens (tertiary/aromatic N) is 2. The first-order chi connectivity index (χ1) is 10.1. The number of carbonyl (C=O) groups excluding carboxylic acids is 1. The SMILES string of the molecule is O=C(Nc1ccc(F)c2c1CCC2)n1ccc(C(F)F)n1. The summed E-state index contributed by atoms with van der Waals surface area (Å²) in [7, 11) is 0. The van der Waals surface area contributed by atoms with Crippen molar-refractivity contribution in [3.8, 4) is 0 Å². The van der Waals surface area contributed by atoms with E-state index in [1.165, 1.54) is 18.3 Å². The van der Waals surface area contributed by atoms with Crippen LogP contribution in [-0.4, -0.2) is 15.8 Å².